The minimum Gasteiger partial charge on any atom is -0.387 e. The lowest BCUT2D eigenvalue weighted by atomic mass is 10.1. The van der Waals surface area contributed by atoms with E-state index in [2.05, 4.69) is 16.0 Å². The molecule has 22 heavy (non-hydrogen) atoms. The van der Waals surface area contributed by atoms with Crippen LogP contribution in [0.3, 0.4) is 0 Å². The maximum atomic E-state index is 11.6. The van der Waals surface area contributed by atoms with Crippen LogP contribution in [0.4, 0.5) is 10.5 Å². The van der Waals surface area contributed by atoms with E-state index in [1.165, 1.54) is 0 Å². The fourth-order valence-electron chi connectivity index (χ4n) is 1.99. The van der Waals surface area contributed by atoms with Crippen molar-refractivity contribution in [2.24, 2.45) is 0 Å². The molecule has 2 amide bonds. The molecule has 4 N–H and O–H groups in total. The first-order valence-corrected chi connectivity index (χ1v) is 7.29. The molecule has 116 valence electrons. The van der Waals surface area contributed by atoms with E-state index in [4.69, 9.17) is 0 Å². The van der Waals surface area contributed by atoms with E-state index in [0.717, 1.165) is 11.3 Å². The van der Waals surface area contributed by atoms with E-state index in [1.54, 1.807) is 0 Å². The fourth-order valence-corrected chi connectivity index (χ4v) is 1.99. The van der Waals surface area contributed by atoms with Crippen LogP contribution >= 0.6 is 0 Å². The summed E-state index contributed by atoms with van der Waals surface area (Å²) in [6.45, 7) is 1.53. The van der Waals surface area contributed by atoms with Gasteiger partial charge in [-0.15, -0.1) is 0 Å². The van der Waals surface area contributed by atoms with Gasteiger partial charge < -0.3 is 21.1 Å². The van der Waals surface area contributed by atoms with Crippen LogP contribution < -0.4 is 16.0 Å². The minimum atomic E-state index is -0.542. The van der Waals surface area contributed by atoms with Crippen molar-refractivity contribution in [3.63, 3.8) is 0 Å². The van der Waals surface area contributed by atoms with E-state index in [0.29, 0.717) is 19.6 Å². The minimum absolute atomic E-state index is 0.239. The molecule has 0 heterocycles. The van der Waals surface area contributed by atoms with Crippen LogP contribution in [0.1, 0.15) is 11.7 Å². The average molecular weight is 299 g/mol. The first-order valence-electron chi connectivity index (χ1n) is 7.29. The smallest absolute Gasteiger partial charge is 0.319 e. The Morgan fingerprint density at radius 1 is 0.955 bits per heavy atom. The lowest BCUT2D eigenvalue weighted by molar-refractivity contribution is 0.175. The van der Waals surface area contributed by atoms with Gasteiger partial charge in [0, 0.05) is 25.3 Å². The van der Waals surface area contributed by atoms with Crippen molar-refractivity contribution in [2.45, 2.75) is 6.10 Å². The molecule has 0 aromatic heterocycles. The van der Waals surface area contributed by atoms with Gasteiger partial charge >= 0.3 is 6.03 Å². The summed E-state index contributed by atoms with van der Waals surface area (Å²) in [6, 6.07) is 18.5. The molecule has 0 fully saturated rings. The zero-order valence-corrected chi connectivity index (χ0v) is 12.3. The third-order valence-electron chi connectivity index (χ3n) is 3.14. The van der Waals surface area contributed by atoms with Gasteiger partial charge in [-0.25, -0.2) is 4.79 Å². The standard InChI is InChI=1S/C17H21N3O2/c21-16(14-7-3-1-4-8-14)13-18-11-12-19-17(22)20-15-9-5-2-6-10-15/h1-10,16,18,21H,11-13H2,(H2,19,20,22)/t16-/m0/s1. The van der Waals surface area contributed by atoms with E-state index in [-0.39, 0.29) is 6.03 Å². The Kier molecular flexibility index (Phi) is 6.41. The molecule has 2 aromatic carbocycles. The van der Waals surface area contributed by atoms with Crippen molar-refractivity contribution in [3.05, 3.63) is 66.2 Å². The summed E-state index contributed by atoms with van der Waals surface area (Å²) in [5.41, 5.74) is 1.64. The van der Waals surface area contributed by atoms with Crippen LogP contribution in [0.15, 0.2) is 60.7 Å². The van der Waals surface area contributed by atoms with Gasteiger partial charge in [-0.3, -0.25) is 0 Å². The SMILES string of the molecule is O=C(NCCNC[C@H](O)c1ccccc1)Nc1ccccc1. The first kappa shape index (κ1) is 16.0. The molecule has 5 nitrogen and oxygen atoms in total. The molecule has 0 unspecified atom stereocenters. The number of rotatable bonds is 7. The molecule has 2 aromatic rings. The number of nitrogens with one attached hydrogen (secondary N) is 3. The highest BCUT2D eigenvalue weighted by molar-refractivity contribution is 5.89. The van der Waals surface area contributed by atoms with E-state index >= 15 is 0 Å². The summed E-state index contributed by atoms with van der Waals surface area (Å²) in [5.74, 6) is 0. The lowest BCUT2D eigenvalue weighted by Crippen LogP contribution is -2.35. The van der Waals surface area contributed by atoms with Gasteiger partial charge in [-0.2, -0.15) is 0 Å². The molecule has 5 heteroatoms. The fraction of sp³-hybridized carbons (Fsp3) is 0.235. The number of carbonyl (C=O) groups is 1. The van der Waals surface area contributed by atoms with Crippen molar-refractivity contribution in [1.29, 1.82) is 0 Å². The molecule has 0 aliphatic rings. The van der Waals surface area contributed by atoms with E-state index in [9.17, 15) is 9.90 Å². The summed E-state index contributed by atoms with van der Waals surface area (Å²) < 4.78 is 0. The molecular formula is C17H21N3O2. The number of aliphatic hydroxyl groups is 1. The molecular weight excluding hydrogens is 278 g/mol. The van der Waals surface area contributed by atoms with Crippen LogP contribution in [0.2, 0.25) is 0 Å². The Bertz CT molecular complexity index is 561. The quantitative estimate of drug-likeness (QED) is 0.592. The number of hydrogen-bond donors (Lipinski definition) is 4. The Morgan fingerprint density at radius 3 is 2.27 bits per heavy atom. The third kappa shape index (κ3) is 5.55. The molecule has 2 rings (SSSR count). The number of hydrogen-bond acceptors (Lipinski definition) is 3. The topological polar surface area (TPSA) is 73.4 Å². The van der Waals surface area contributed by atoms with Crippen LogP contribution in [-0.2, 0) is 0 Å². The highest BCUT2D eigenvalue weighted by atomic mass is 16.3. The van der Waals surface area contributed by atoms with Gasteiger partial charge in [0.25, 0.3) is 0 Å². The highest BCUT2D eigenvalue weighted by Gasteiger charge is 2.05. The summed E-state index contributed by atoms with van der Waals surface area (Å²) in [4.78, 5) is 11.6. The van der Waals surface area contributed by atoms with Crippen LogP contribution in [0.5, 0.6) is 0 Å². The highest BCUT2D eigenvalue weighted by Crippen LogP contribution is 2.10. The Hall–Kier alpha value is -2.37. The first-order chi connectivity index (χ1) is 10.8. The van der Waals surface area contributed by atoms with Crippen molar-refractivity contribution >= 4 is 11.7 Å². The van der Waals surface area contributed by atoms with Gasteiger partial charge in [0.1, 0.15) is 0 Å². The molecule has 0 radical (unpaired) electrons. The molecule has 1 atom stereocenters. The average Bonchev–Trinajstić information content (AvgIpc) is 2.56. The van der Waals surface area contributed by atoms with Crippen LogP contribution in [0, 0.1) is 0 Å². The number of aliphatic hydroxyl groups excluding tert-OH is 1. The Balaban J connectivity index is 1.58. The molecule has 0 saturated carbocycles. The van der Waals surface area contributed by atoms with E-state index in [1.807, 2.05) is 60.7 Å². The van der Waals surface area contributed by atoms with Gasteiger partial charge in [0.05, 0.1) is 6.10 Å². The van der Waals surface area contributed by atoms with Crippen molar-refractivity contribution in [3.8, 4) is 0 Å². The van der Waals surface area contributed by atoms with Crippen molar-refractivity contribution < 1.29 is 9.90 Å². The number of para-hydroxylation sites is 1. The molecule has 0 aliphatic carbocycles. The summed E-state index contributed by atoms with van der Waals surface area (Å²) in [7, 11) is 0. The van der Waals surface area contributed by atoms with Crippen molar-refractivity contribution in [1.82, 2.24) is 10.6 Å². The predicted octanol–water partition coefficient (Wildman–Crippen LogP) is 2.13. The number of carbonyl (C=O) groups excluding carboxylic acids is 1. The summed E-state index contributed by atoms with van der Waals surface area (Å²) >= 11 is 0. The predicted molar refractivity (Wildman–Crippen MR) is 87.7 cm³/mol. The monoisotopic (exact) mass is 299 g/mol. The van der Waals surface area contributed by atoms with Crippen molar-refractivity contribution in [2.75, 3.05) is 25.0 Å². The van der Waals surface area contributed by atoms with Gasteiger partial charge in [-0.05, 0) is 17.7 Å². The summed E-state index contributed by atoms with van der Waals surface area (Å²) in [5, 5.41) is 18.6. The van der Waals surface area contributed by atoms with Crippen LogP contribution in [-0.4, -0.2) is 30.8 Å². The zero-order valence-electron chi connectivity index (χ0n) is 12.3. The molecule has 0 bridgehead atoms. The maximum Gasteiger partial charge on any atom is 0.319 e. The summed E-state index contributed by atoms with van der Waals surface area (Å²) in [6.07, 6.45) is -0.542. The zero-order chi connectivity index (χ0) is 15.6. The Labute approximate surface area is 130 Å². The Morgan fingerprint density at radius 2 is 1.59 bits per heavy atom. The van der Waals surface area contributed by atoms with Crippen LogP contribution in [0.25, 0.3) is 0 Å². The normalized spacial score (nSPS) is 11.7. The second-order valence-electron chi connectivity index (χ2n) is 4.88. The van der Waals surface area contributed by atoms with Gasteiger partial charge in [0.2, 0.25) is 0 Å². The third-order valence-corrected chi connectivity index (χ3v) is 3.14. The van der Waals surface area contributed by atoms with Gasteiger partial charge in [0.15, 0.2) is 0 Å². The number of amides is 2. The second-order valence-corrected chi connectivity index (χ2v) is 4.88. The van der Waals surface area contributed by atoms with Gasteiger partial charge in [-0.1, -0.05) is 48.5 Å². The molecule has 0 saturated heterocycles. The lowest BCUT2D eigenvalue weighted by Gasteiger charge is -2.12. The molecule has 0 spiro atoms. The second kappa shape index (κ2) is 8.81. The number of benzene rings is 2. The van der Waals surface area contributed by atoms with E-state index < -0.39 is 6.10 Å². The number of urea groups is 1. The largest absolute Gasteiger partial charge is 0.387 e. The molecule has 0 aliphatic heterocycles. The number of anilines is 1. The maximum absolute atomic E-state index is 11.6.